The fraction of sp³-hybridized carbons (Fsp3) is 0.538. The zero-order valence-corrected chi connectivity index (χ0v) is 12.6. The minimum absolute atomic E-state index is 0.424. The van der Waals surface area contributed by atoms with E-state index in [0.717, 1.165) is 18.6 Å². The molecule has 0 atom stereocenters. The quantitative estimate of drug-likeness (QED) is 0.456. The van der Waals surface area contributed by atoms with Gasteiger partial charge in [-0.15, -0.1) is 0 Å². The predicted octanol–water partition coefficient (Wildman–Crippen LogP) is 3.04. The molecule has 0 amide bonds. The predicted molar refractivity (Wildman–Crippen MR) is 70.7 cm³/mol. The van der Waals surface area contributed by atoms with Gasteiger partial charge in [0.15, 0.2) is 17.5 Å². The molecule has 0 aromatic heterocycles. The molecule has 0 aliphatic rings. The SMILES string of the molecule is CO[Si](O)(CCCCCc1cc(F)c(F)c(F)c1)OC. The lowest BCUT2D eigenvalue weighted by Crippen LogP contribution is -2.39. The first-order chi connectivity index (χ1) is 9.41. The molecule has 0 aliphatic heterocycles. The second-order valence-electron chi connectivity index (χ2n) is 4.56. The molecule has 0 spiro atoms. The van der Waals surface area contributed by atoms with Crippen LogP contribution in [0, 0.1) is 17.5 Å². The van der Waals surface area contributed by atoms with E-state index in [2.05, 4.69) is 0 Å². The fourth-order valence-corrected chi connectivity index (χ4v) is 3.17. The monoisotopic (exact) mass is 308 g/mol. The van der Waals surface area contributed by atoms with Crippen molar-refractivity contribution < 1.29 is 26.8 Å². The Morgan fingerprint density at radius 2 is 1.55 bits per heavy atom. The third kappa shape index (κ3) is 4.90. The third-order valence-corrected chi connectivity index (χ3v) is 5.40. The van der Waals surface area contributed by atoms with E-state index >= 15 is 0 Å². The van der Waals surface area contributed by atoms with Gasteiger partial charge < -0.3 is 13.6 Å². The number of rotatable bonds is 8. The van der Waals surface area contributed by atoms with E-state index in [1.807, 2.05) is 0 Å². The average molecular weight is 308 g/mol. The molecule has 1 aromatic rings. The van der Waals surface area contributed by atoms with Crippen molar-refractivity contribution in [1.29, 1.82) is 0 Å². The second-order valence-corrected chi connectivity index (χ2v) is 7.30. The van der Waals surface area contributed by atoms with Crippen LogP contribution >= 0.6 is 0 Å². The molecule has 7 heteroatoms. The molecule has 0 saturated carbocycles. The van der Waals surface area contributed by atoms with Gasteiger partial charge in [0.2, 0.25) is 0 Å². The van der Waals surface area contributed by atoms with Crippen molar-refractivity contribution in [3.8, 4) is 0 Å². The summed E-state index contributed by atoms with van der Waals surface area (Å²) in [5.74, 6) is -3.77. The van der Waals surface area contributed by atoms with Gasteiger partial charge in [0, 0.05) is 20.3 Å². The Labute approximate surface area is 117 Å². The first kappa shape index (κ1) is 17.2. The maximum absolute atomic E-state index is 13.0. The van der Waals surface area contributed by atoms with Crippen molar-refractivity contribution in [2.24, 2.45) is 0 Å². The van der Waals surface area contributed by atoms with Crippen molar-refractivity contribution in [3.63, 3.8) is 0 Å². The van der Waals surface area contributed by atoms with Gasteiger partial charge in [0.1, 0.15) is 0 Å². The van der Waals surface area contributed by atoms with Crippen LogP contribution in [0.1, 0.15) is 24.8 Å². The van der Waals surface area contributed by atoms with Gasteiger partial charge in [-0.2, -0.15) is 0 Å². The van der Waals surface area contributed by atoms with Crippen molar-refractivity contribution in [2.45, 2.75) is 31.7 Å². The van der Waals surface area contributed by atoms with Gasteiger partial charge in [-0.25, -0.2) is 13.2 Å². The topological polar surface area (TPSA) is 38.7 Å². The van der Waals surface area contributed by atoms with Crippen LogP contribution in [-0.2, 0) is 15.3 Å². The number of hydrogen-bond acceptors (Lipinski definition) is 3. The standard InChI is InChI=1S/C13H19F3O3Si/c1-18-20(17,19-2)7-5-3-4-6-10-8-11(14)13(16)12(15)9-10/h8-9,17H,3-7H2,1-2H3. The Morgan fingerprint density at radius 1 is 1.00 bits per heavy atom. The van der Waals surface area contributed by atoms with Gasteiger partial charge in [0.05, 0.1) is 0 Å². The summed E-state index contributed by atoms with van der Waals surface area (Å²) in [5, 5.41) is 0. The van der Waals surface area contributed by atoms with E-state index in [1.165, 1.54) is 14.2 Å². The van der Waals surface area contributed by atoms with E-state index in [-0.39, 0.29) is 0 Å². The summed E-state index contributed by atoms with van der Waals surface area (Å²) in [6, 6.07) is 2.45. The lowest BCUT2D eigenvalue weighted by Gasteiger charge is -2.19. The molecule has 0 heterocycles. The van der Waals surface area contributed by atoms with Gasteiger partial charge in [-0.05, 0) is 37.0 Å². The van der Waals surface area contributed by atoms with Gasteiger partial charge in [0.25, 0.3) is 0 Å². The first-order valence-corrected chi connectivity index (χ1v) is 8.35. The largest absolute Gasteiger partial charge is 0.497 e. The molecule has 3 nitrogen and oxygen atoms in total. The number of unbranched alkanes of at least 4 members (excludes halogenated alkanes) is 2. The van der Waals surface area contributed by atoms with Crippen LogP contribution in [0.4, 0.5) is 13.2 Å². The number of benzene rings is 1. The molecule has 20 heavy (non-hydrogen) atoms. The minimum Gasteiger partial charge on any atom is -0.390 e. The summed E-state index contributed by atoms with van der Waals surface area (Å²) in [6.45, 7) is 0. The molecule has 0 unspecified atom stereocenters. The van der Waals surface area contributed by atoms with Crippen molar-refractivity contribution >= 4 is 8.80 Å². The van der Waals surface area contributed by atoms with E-state index in [1.54, 1.807) is 0 Å². The van der Waals surface area contributed by atoms with Crippen LogP contribution in [0.2, 0.25) is 6.04 Å². The van der Waals surface area contributed by atoms with Gasteiger partial charge in [-0.1, -0.05) is 6.42 Å². The normalized spacial score (nSPS) is 11.9. The summed E-state index contributed by atoms with van der Waals surface area (Å²) in [6.07, 6.45) is 2.58. The Morgan fingerprint density at radius 3 is 2.05 bits per heavy atom. The number of hydrogen-bond donors (Lipinski definition) is 1. The highest BCUT2D eigenvalue weighted by molar-refractivity contribution is 6.59. The third-order valence-electron chi connectivity index (χ3n) is 3.14. The Hall–Kier alpha value is -0.893. The van der Waals surface area contributed by atoms with Crippen LogP contribution in [-0.4, -0.2) is 27.8 Å². The molecule has 0 bridgehead atoms. The molecule has 0 radical (unpaired) electrons. The van der Waals surface area contributed by atoms with Crippen molar-refractivity contribution in [1.82, 2.24) is 0 Å². The van der Waals surface area contributed by atoms with E-state index < -0.39 is 26.3 Å². The van der Waals surface area contributed by atoms with Gasteiger partial charge >= 0.3 is 8.80 Å². The maximum atomic E-state index is 13.0. The summed E-state index contributed by atoms with van der Waals surface area (Å²) < 4.78 is 48.6. The fourth-order valence-electron chi connectivity index (χ4n) is 1.89. The first-order valence-electron chi connectivity index (χ1n) is 6.38. The highest BCUT2D eigenvalue weighted by atomic mass is 28.4. The molecule has 0 fully saturated rings. The molecule has 1 N–H and O–H groups in total. The smallest absolute Gasteiger partial charge is 0.390 e. The van der Waals surface area contributed by atoms with Crippen LogP contribution in [0.5, 0.6) is 0 Å². The van der Waals surface area contributed by atoms with Crippen LogP contribution in [0.3, 0.4) is 0 Å². The summed E-state index contributed by atoms with van der Waals surface area (Å²) >= 11 is 0. The van der Waals surface area contributed by atoms with Crippen molar-refractivity contribution in [2.75, 3.05) is 14.2 Å². The molecule has 0 aliphatic carbocycles. The second kappa shape index (κ2) is 7.77. The van der Waals surface area contributed by atoms with Crippen LogP contribution in [0.15, 0.2) is 12.1 Å². The maximum Gasteiger partial charge on any atom is 0.497 e. The van der Waals surface area contributed by atoms with Crippen LogP contribution in [0.25, 0.3) is 0 Å². The Bertz CT molecular complexity index is 416. The molecule has 114 valence electrons. The zero-order chi connectivity index (χ0) is 15.2. The van der Waals surface area contributed by atoms with Crippen LogP contribution < -0.4 is 0 Å². The molecular weight excluding hydrogens is 289 g/mol. The molecule has 1 rings (SSSR count). The molecule has 1 aromatic carbocycles. The number of halogens is 3. The average Bonchev–Trinajstić information content (AvgIpc) is 2.44. The molecular formula is C13H19F3O3Si. The highest BCUT2D eigenvalue weighted by Gasteiger charge is 2.33. The lowest BCUT2D eigenvalue weighted by atomic mass is 10.1. The van der Waals surface area contributed by atoms with Crippen molar-refractivity contribution in [3.05, 3.63) is 35.1 Å². The van der Waals surface area contributed by atoms with E-state index in [0.29, 0.717) is 30.9 Å². The summed E-state index contributed by atoms with van der Waals surface area (Å²) in [5.41, 5.74) is 0.424. The minimum atomic E-state index is -3.02. The zero-order valence-electron chi connectivity index (χ0n) is 11.6. The van der Waals surface area contributed by atoms with E-state index in [4.69, 9.17) is 8.85 Å². The Balaban J connectivity index is 2.35. The summed E-state index contributed by atoms with van der Waals surface area (Å²) in [7, 11) is -0.216. The molecule has 0 saturated heterocycles. The van der Waals surface area contributed by atoms with Gasteiger partial charge in [-0.3, -0.25) is 0 Å². The lowest BCUT2D eigenvalue weighted by molar-refractivity contribution is 0.150. The number of aryl methyl sites for hydroxylation is 1. The Kier molecular flexibility index (Phi) is 6.67. The summed E-state index contributed by atoms with van der Waals surface area (Å²) in [4.78, 5) is 9.80. The van der Waals surface area contributed by atoms with E-state index in [9.17, 15) is 18.0 Å². The highest BCUT2D eigenvalue weighted by Crippen LogP contribution is 2.17.